The molecule has 0 radical (unpaired) electrons. The zero-order chi connectivity index (χ0) is 14.0. The number of carbonyl (C=O) groups is 2. The Morgan fingerprint density at radius 1 is 1.11 bits per heavy atom. The fourth-order valence-corrected chi connectivity index (χ4v) is 2.61. The zero-order valence-corrected chi connectivity index (χ0v) is 12.7. The maximum Gasteiger partial charge on any atom is 0.255 e. The first kappa shape index (κ1) is 14.1. The van der Waals surface area contributed by atoms with Crippen LogP contribution >= 0.6 is 15.9 Å². The Hall–Kier alpha value is -1.36. The molecule has 1 aliphatic heterocycles. The van der Waals surface area contributed by atoms with Crippen LogP contribution < -0.4 is 0 Å². The molecule has 102 valence electrons. The van der Waals surface area contributed by atoms with E-state index in [-0.39, 0.29) is 11.8 Å². The van der Waals surface area contributed by atoms with E-state index in [0.29, 0.717) is 31.7 Å². The van der Waals surface area contributed by atoms with Gasteiger partial charge in [-0.2, -0.15) is 0 Å². The molecule has 19 heavy (non-hydrogen) atoms. The molecule has 0 saturated carbocycles. The van der Waals surface area contributed by atoms with Crippen LogP contribution in [-0.4, -0.2) is 47.8 Å². The minimum atomic E-state index is 0.0266. The summed E-state index contributed by atoms with van der Waals surface area (Å²) < 4.78 is 0.817. The normalized spacial score (nSPS) is 15.5. The monoisotopic (exact) mass is 324 g/mol. The molecule has 1 aromatic carbocycles. The number of amides is 2. The Morgan fingerprint density at radius 2 is 1.68 bits per heavy atom. The Kier molecular flexibility index (Phi) is 4.24. The van der Waals surface area contributed by atoms with Crippen molar-refractivity contribution in [2.75, 3.05) is 26.2 Å². The van der Waals surface area contributed by atoms with Gasteiger partial charge in [-0.15, -0.1) is 0 Å². The second-order valence-electron chi connectivity index (χ2n) is 4.78. The van der Waals surface area contributed by atoms with Crippen molar-refractivity contribution >= 4 is 27.7 Å². The van der Waals surface area contributed by atoms with Crippen LogP contribution in [0.3, 0.4) is 0 Å². The molecule has 1 fully saturated rings. The predicted molar refractivity (Wildman–Crippen MR) is 77.0 cm³/mol. The van der Waals surface area contributed by atoms with E-state index in [2.05, 4.69) is 15.9 Å². The molecular weight excluding hydrogens is 308 g/mol. The molecule has 2 rings (SSSR count). The molecule has 0 spiro atoms. The number of hydrogen-bond acceptors (Lipinski definition) is 2. The number of rotatable bonds is 1. The number of benzene rings is 1. The first-order valence-corrected chi connectivity index (χ1v) is 7.09. The summed E-state index contributed by atoms with van der Waals surface area (Å²) in [5.74, 6) is 0.0996. The molecule has 0 N–H and O–H groups in total. The van der Waals surface area contributed by atoms with Crippen LogP contribution in [0.5, 0.6) is 0 Å². The number of aryl methyl sites for hydroxylation is 1. The molecule has 0 aliphatic carbocycles. The Bertz CT molecular complexity index is 508. The average molecular weight is 325 g/mol. The van der Waals surface area contributed by atoms with Crippen molar-refractivity contribution in [3.8, 4) is 0 Å². The number of nitrogens with zero attached hydrogens (tertiary/aromatic N) is 2. The molecule has 5 heteroatoms. The van der Waals surface area contributed by atoms with Gasteiger partial charge in [0, 0.05) is 37.6 Å². The van der Waals surface area contributed by atoms with Gasteiger partial charge in [0.15, 0.2) is 0 Å². The fourth-order valence-electron chi connectivity index (χ4n) is 2.20. The predicted octanol–water partition coefficient (Wildman–Crippen LogP) is 2.06. The van der Waals surface area contributed by atoms with E-state index in [1.54, 1.807) is 16.7 Å². The van der Waals surface area contributed by atoms with Crippen molar-refractivity contribution in [3.05, 3.63) is 33.8 Å². The van der Waals surface area contributed by atoms with E-state index >= 15 is 0 Å². The molecule has 0 unspecified atom stereocenters. The minimum absolute atomic E-state index is 0.0266. The molecule has 1 aliphatic rings. The van der Waals surface area contributed by atoms with Crippen LogP contribution in [0.2, 0.25) is 0 Å². The molecule has 1 saturated heterocycles. The molecule has 1 aromatic rings. The van der Waals surface area contributed by atoms with E-state index in [1.807, 2.05) is 25.1 Å². The van der Waals surface area contributed by atoms with Crippen molar-refractivity contribution < 1.29 is 9.59 Å². The van der Waals surface area contributed by atoms with Gasteiger partial charge in [0.1, 0.15) is 0 Å². The van der Waals surface area contributed by atoms with E-state index in [0.717, 1.165) is 10.0 Å². The van der Waals surface area contributed by atoms with Gasteiger partial charge < -0.3 is 9.80 Å². The largest absolute Gasteiger partial charge is 0.339 e. The zero-order valence-electron chi connectivity index (χ0n) is 11.1. The lowest BCUT2D eigenvalue weighted by Crippen LogP contribution is -2.50. The summed E-state index contributed by atoms with van der Waals surface area (Å²) in [4.78, 5) is 27.3. The van der Waals surface area contributed by atoms with Crippen molar-refractivity contribution in [2.45, 2.75) is 13.8 Å². The van der Waals surface area contributed by atoms with Gasteiger partial charge in [0.25, 0.3) is 5.91 Å². The van der Waals surface area contributed by atoms with Crippen molar-refractivity contribution in [1.82, 2.24) is 9.80 Å². The van der Waals surface area contributed by atoms with Gasteiger partial charge in [-0.3, -0.25) is 9.59 Å². The van der Waals surface area contributed by atoms with E-state index in [4.69, 9.17) is 0 Å². The highest BCUT2D eigenvalue weighted by atomic mass is 79.9. The van der Waals surface area contributed by atoms with E-state index < -0.39 is 0 Å². The van der Waals surface area contributed by atoms with Gasteiger partial charge >= 0.3 is 0 Å². The molecular formula is C14H17BrN2O2. The summed E-state index contributed by atoms with van der Waals surface area (Å²) in [5, 5.41) is 0. The number of hydrogen-bond donors (Lipinski definition) is 0. The summed E-state index contributed by atoms with van der Waals surface area (Å²) in [6.07, 6.45) is 0. The third kappa shape index (κ3) is 3.15. The standard InChI is InChI=1S/C14H17BrN2O2/c1-10-3-4-13(15)12(9-10)14(19)17-7-5-16(6-8-17)11(2)18/h3-4,9H,5-8H2,1-2H3. The van der Waals surface area contributed by atoms with E-state index in [9.17, 15) is 9.59 Å². The molecule has 0 atom stereocenters. The molecule has 0 bridgehead atoms. The van der Waals surface area contributed by atoms with Crippen molar-refractivity contribution in [2.24, 2.45) is 0 Å². The van der Waals surface area contributed by atoms with Crippen LogP contribution in [0.25, 0.3) is 0 Å². The quantitative estimate of drug-likeness (QED) is 0.793. The molecule has 1 heterocycles. The maximum atomic E-state index is 12.4. The van der Waals surface area contributed by atoms with Crippen LogP contribution in [0.1, 0.15) is 22.8 Å². The number of piperazine rings is 1. The third-order valence-corrected chi connectivity index (χ3v) is 4.06. The Morgan fingerprint density at radius 3 is 2.26 bits per heavy atom. The van der Waals surface area contributed by atoms with Crippen molar-refractivity contribution in [1.29, 1.82) is 0 Å². The van der Waals surface area contributed by atoms with Crippen LogP contribution in [0.4, 0.5) is 0 Å². The van der Waals surface area contributed by atoms with Gasteiger partial charge in [-0.1, -0.05) is 11.6 Å². The SMILES string of the molecule is CC(=O)N1CCN(C(=O)c2cc(C)ccc2Br)CC1. The molecule has 0 aromatic heterocycles. The van der Waals surface area contributed by atoms with Gasteiger partial charge in [0.2, 0.25) is 5.91 Å². The third-order valence-electron chi connectivity index (χ3n) is 3.36. The number of halogens is 1. The first-order valence-electron chi connectivity index (χ1n) is 6.30. The lowest BCUT2D eigenvalue weighted by atomic mass is 10.1. The fraction of sp³-hybridized carbons (Fsp3) is 0.429. The highest BCUT2D eigenvalue weighted by molar-refractivity contribution is 9.10. The van der Waals surface area contributed by atoms with Gasteiger partial charge in [-0.05, 0) is 35.0 Å². The van der Waals surface area contributed by atoms with Crippen molar-refractivity contribution in [3.63, 3.8) is 0 Å². The summed E-state index contributed by atoms with van der Waals surface area (Å²) in [5.41, 5.74) is 1.75. The minimum Gasteiger partial charge on any atom is -0.339 e. The lowest BCUT2D eigenvalue weighted by Gasteiger charge is -2.34. The summed E-state index contributed by atoms with van der Waals surface area (Å²) in [6.45, 7) is 5.96. The topological polar surface area (TPSA) is 40.6 Å². The smallest absolute Gasteiger partial charge is 0.255 e. The van der Waals surface area contributed by atoms with Crippen LogP contribution in [0.15, 0.2) is 22.7 Å². The summed E-state index contributed by atoms with van der Waals surface area (Å²) in [7, 11) is 0. The number of carbonyl (C=O) groups excluding carboxylic acids is 2. The summed E-state index contributed by atoms with van der Waals surface area (Å²) >= 11 is 3.42. The lowest BCUT2D eigenvalue weighted by molar-refractivity contribution is -0.130. The second-order valence-corrected chi connectivity index (χ2v) is 5.64. The average Bonchev–Trinajstić information content (AvgIpc) is 2.41. The summed E-state index contributed by atoms with van der Waals surface area (Å²) in [6, 6.07) is 5.76. The molecule has 2 amide bonds. The maximum absolute atomic E-state index is 12.4. The second kappa shape index (κ2) is 5.74. The Balaban J connectivity index is 2.09. The Labute approximate surface area is 121 Å². The van der Waals surface area contributed by atoms with Gasteiger partial charge in [0.05, 0.1) is 5.56 Å². The van der Waals surface area contributed by atoms with Crippen LogP contribution in [0, 0.1) is 6.92 Å². The van der Waals surface area contributed by atoms with Gasteiger partial charge in [-0.25, -0.2) is 0 Å². The highest BCUT2D eigenvalue weighted by Crippen LogP contribution is 2.20. The van der Waals surface area contributed by atoms with E-state index in [1.165, 1.54) is 0 Å². The first-order chi connectivity index (χ1) is 8.99. The molecule has 4 nitrogen and oxygen atoms in total. The highest BCUT2D eigenvalue weighted by Gasteiger charge is 2.24. The van der Waals surface area contributed by atoms with Crippen LogP contribution in [-0.2, 0) is 4.79 Å².